The van der Waals surface area contributed by atoms with E-state index in [1.54, 1.807) is 12.1 Å². The SMILES string of the molecule is CN(CCCc1ccc(CNC(=O)OC(C)(C)C)nc1)CCNS(=O)(=O)c1ccc2ccccc2c1Cl. The molecule has 0 aliphatic rings. The first-order valence-electron chi connectivity index (χ1n) is 12.2. The number of rotatable bonds is 11. The molecule has 3 rings (SSSR count). The minimum absolute atomic E-state index is 0.0905. The number of sulfonamides is 1. The van der Waals surface area contributed by atoms with Crippen molar-refractivity contribution in [3.05, 3.63) is 71.0 Å². The van der Waals surface area contributed by atoms with Crippen LogP contribution in [0.15, 0.2) is 59.6 Å². The highest BCUT2D eigenvalue weighted by Crippen LogP contribution is 2.30. The molecule has 1 amide bonds. The Kier molecular flexibility index (Phi) is 9.89. The first-order chi connectivity index (χ1) is 17.4. The molecule has 200 valence electrons. The van der Waals surface area contributed by atoms with Gasteiger partial charge in [0.1, 0.15) is 10.5 Å². The van der Waals surface area contributed by atoms with Crippen LogP contribution in [0.2, 0.25) is 5.02 Å². The van der Waals surface area contributed by atoms with Gasteiger partial charge in [0.05, 0.1) is 17.3 Å². The van der Waals surface area contributed by atoms with Crippen LogP contribution in [0.25, 0.3) is 10.8 Å². The Hall–Kier alpha value is -2.72. The number of amides is 1. The predicted molar refractivity (Wildman–Crippen MR) is 147 cm³/mol. The smallest absolute Gasteiger partial charge is 0.407 e. The number of benzene rings is 2. The number of carbonyl (C=O) groups is 1. The van der Waals surface area contributed by atoms with E-state index in [0.717, 1.165) is 36.0 Å². The van der Waals surface area contributed by atoms with Gasteiger partial charge in [0, 0.05) is 24.7 Å². The fourth-order valence-corrected chi connectivity index (χ4v) is 5.37. The van der Waals surface area contributed by atoms with Gasteiger partial charge in [-0.15, -0.1) is 0 Å². The lowest BCUT2D eigenvalue weighted by Crippen LogP contribution is -2.33. The summed E-state index contributed by atoms with van der Waals surface area (Å²) in [6, 6.07) is 14.6. The molecule has 2 N–H and O–H groups in total. The zero-order chi connectivity index (χ0) is 27.1. The second-order valence-electron chi connectivity index (χ2n) is 9.92. The molecule has 0 unspecified atom stereocenters. The van der Waals surface area contributed by atoms with Crippen molar-refractivity contribution >= 4 is 38.5 Å². The van der Waals surface area contributed by atoms with E-state index in [-0.39, 0.29) is 16.5 Å². The summed E-state index contributed by atoms with van der Waals surface area (Å²) in [5, 5.41) is 4.54. The fourth-order valence-electron chi connectivity index (χ4n) is 3.72. The second kappa shape index (κ2) is 12.7. The molecule has 0 spiro atoms. The third-order valence-electron chi connectivity index (χ3n) is 5.61. The highest BCUT2D eigenvalue weighted by molar-refractivity contribution is 7.89. The molecule has 0 bridgehead atoms. The number of carbonyl (C=O) groups excluding carboxylic acids is 1. The van der Waals surface area contributed by atoms with Crippen LogP contribution in [0.5, 0.6) is 0 Å². The molecular weight excluding hydrogens is 512 g/mol. The quantitative estimate of drug-likeness (QED) is 0.360. The van der Waals surface area contributed by atoms with Crippen molar-refractivity contribution in [2.24, 2.45) is 0 Å². The molecule has 0 aliphatic carbocycles. The number of ether oxygens (including phenoxy) is 1. The zero-order valence-electron chi connectivity index (χ0n) is 21.8. The Morgan fingerprint density at radius 3 is 2.54 bits per heavy atom. The number of pyridine rings is 1. The van der Waals surface area contributed by atoms with Crippen molar-refractivity contribution in [3.63, 3.8) is 0 Å². The van der Waals surface area contributed by atoms with Gasteiger partial charge in [-0.25, -0.2) is 17.9 Å². The van der Waals surface area contributed by atoms with Crippen LogP contribution in [0.1, 0.15) is 38.4 Å². The summed E-state index contributed by atoms with van der Waals surface area (Å²) in [5.74, 6) is 0. The van der Waals surface area contributed by atoms with Gasteiger partial charge in [0.2, 0.25) is 10.0 Å². The maximum Gasteiger partial charge on any atom is 0.407 e. The lowest BCUT2D eigenvalue weighted by Gasteiger charge is -2.19. The van der Waals surface area contributed by atoms with Crippen LogP contribution in [-0.4, -0.2) is 56.7 Å². The van der Waals surface area contributed by atoms with Crippen molar-refractivity contribution in [1.29, 1.82) is 0 Å². The Bertz CT molecular complexity index is 1310. The van der Waals surface area contributed by atoms with Crippen molar-refractivity contribution in [3.8, 4) is 0 Å². The number of aryl methyl sites for hydroxylation is 1. The lowest BCUT2D eigenvalue weighted by atomic mass is 10.1. The van der Waals surface area contributed by atoms with Crippen LogP contribution in [0.3, 0.4) is 0 Å². The van der Waals surface area contributed by atoms with Gasteiger partial charge < -0.3 is 15.0 Å². The van der Waals surface area contributed by atoms with Crippen LogP contribution >= 0.6 is 11.6 Å². The summed E-state index contributed by atoms with van der Waals surface area (Å²) >= 11 is 6.40. The molecule has 3 aromatic rings. The number of likely N-dealkylation sites (N-methyl/N-ethyl adjacent to an activating group) is 1. The average molecular weight is 547 g/mol. The topological polar surface area (TPSA) is 101 Å². The van der Waals surface area contributed by atoms with Crippen molar-refractivity contribution in [2.45, 2.75) is 50.7 Å². The standard InChI is InChI=1S/C27H35ClN4O4S/c1-27(2,3)36-26(33)30-19-22-13-11-20(18-29-22)8-7-16-32(4)17-15-31-37(34,35)24-14-12-21-9-5-6-10-23(21)25(24)28/h5-6,9-14,18,31H,7-8,15-17,19H2,1-4H3,(H,30,33). The van der Waals surface area contributed by atoms with Crippen molar-refractivity contribution in [1.82, 2.24) is 19.9 Å². The second-order valence-corrected chi connectivity index (χ2v) is 12.0. The third-order valence-corrected chi connectivity index (χ3v) is 7.63. The van der Waals surface area contributed by atoms with Crippen molar-refractivity contribution in [2.75, 3.05) is 26.7 Å². The molecule has 37 heavy (non-hydrogen) atoms. The maximum atomic E-state index is 12.8. The Morgan fingerprint density at radius 1 is 1.08 bits per heavy atom. The molecule has 10 heteroatoms. The molecule has 8 nitrogen and oxygen atoms in total. The molecule has 0 fully saturated rings. The number of alkyl carbamates (subject to hydrolysis) is 1. The van der Waals surface area contributed by atoms with Crippen LogP contribution in [0.4, 0.5) is 4.79 Å². The Morgan fingerprint density at radius 2 is 1.84 bits per heavy atom. The summed E-state index contributed by atoms with van der Waals surface area (Å²) in [6.07, 6.45) is 3.09. The van der Waals surface area contributed by atoms with E-state index in [1.165, 1.54) is 0 Å². The maximum absolute atomic E-state index is 12.8. The minimum atomic E-state index is -3.72. The number of halogens is 1. The van der Waals surface area contributed by atoms with Crippen LogP contribution in [-0.2, 0) is 27.7 Å². The van der Waals surface area contributed by atoms with E-state index >= 15 is 0 Å². The largest absolute Gasteiger partial charge is 0.444 e. The van der Waals surface area contributed by atoms with Crippen LogP contribution in [0, 0.1) is 0 Å². The highest BCUT2D eigenvalue weighted by atomic mass is 35.5. The highest BCUT2D eigenvalue weighted by Gasteiger charge is 2.19. The first kappa shape index (κ1) is 28.8. The molecule has 1 heterocycles. The fraction of sp³-hybridized carbons (Fsp3) is 0.407. The molecular formula is C27H35ClN4O4S. The number of aromatic nitrogens is 1. The van der Waals surface area contributed by atoms with Gasteiger partial charge in [-0.3, -0.25) is 4.98 Å². The monoisotopic (exact) mass is 546 g/mol. The Labute approximate surface area is 224 Å². The van der Waals surface area contributed by atoms with Crippen LogP contribution < -0.4 is 10.0 Å². The number of hydrogen-bond donors (Lipinski definition) is 2. The number of nitrogens with one attached hydrogen (secondary N) is 2. The van der Waals surface area contributed by atoms with E-state index in [4.69, 9.17) is 16.3 Å². The molecule has 0 saturated heterocycles. The van der Waals surface area contributed by atoms with E-state index in [1.807, 2.05) is 70.4 Å². The zero-order valence-corrected chi connectivity index (χ0v) is 23.3. The van der Waals surface area contributed by atoms with E-state index in [0.29, 0.717) is 18.5 Å². The van der Waals surface area contributed by atoms with Crippen molar-refractivity contribution < 1.29 is 17.9 Å². The molecule has 1 aromatic heterocycles. The molecule has 0 aliphatic heterocycles. The van der Waals surface area contributed by atoms with Gasteiger partial charge in [-0.1, -0.05) is 48.0 Å². The summed E-state index contributed by atoms with van der Waals surface area (Å²) in [4.78, 5) is 18.3. The minimum Gasteiger partial charge on any atom is -0.444 e. The van der Waals surface area contributed by atoms with E-state index in [9.17, 15) is 13.2 Å². The summed E-state index contributed by atoms with van der Waals surface area (Å²) < 4.78 is 33.5. The molecule has 2 aromatic carbocycles. The Balaban J connectivity index is 1.39. The normalized spacial score (nSPS) is 12.2. The van der Waals surface area contributed by atoms with E-state index in [2.05, 4.69) is 19.9 Å². The average Bonchev–Trinajstić information content (AvgIpc) is 2.82. The first-order valence-corrected chi connectivity index (χ1v) is 14.1. The van der Waals surface area contributed by atoms with E-state index < -0.39 is 21.7 Å². The molecule has 0 saturated carbocycles. The summed E-state index contributed by atoms with van der Waals surface area (Å²) in [7, 11) is -1.76. The van der Waals surface area contributed by atoms with Gasteiger partial charge in [0.25, 0.3) is 0 Å². The summed E-state index contributed by atoms with van der Waals surface area (Å²) in [6.45, 7) is 7.41. The van der Waals surface area contributed by atoms with Gasteiger partial charge >= 0.3 is 6.09 Å². The van der Waals surface area contributed by atoms with Gasteiger partial charge in [-0.05, 0) is 70.3 Å². The van der Waals surface area contributed by atoms with Gasteiger partial charge in [-0.2, -0.15) is 0 Å². The lowest BCUT2D eigenvalue weighted by molar-refractivity contribution is 0.0523. The number of fused-ring (bicyclic) bond motifs is 1. The number of hydrogen-bond acceptors (Lipinski definition) is 6. The van der Waals surface area contributed by atoms with Gasteiger partial charge in [0.15, 0.2) is 0 Å². The predicted octanol–water partition coefficient (Wildman–Crippen LogP) is 4.76. The summed E-state index contributed by atoms with van der Waals surface area (Å²) in [5.41, 5.74) is 1.32. The molecule has 0 radical (unpaired) electrons. The third kappa shape index (κ3) is 8.96. The number of nitrogens with zero attached hydrogens (tertiary/aromatic N) is 2. The molecule has 0 atom stereocenters.